The number of aromatic nitrogens is 1. The smallest absolute Gasteiger partial charge is 0.123 e. The third-order valence-corrected chi connectivity index (χ3v) is 20.4. The first kappa shape index (κ1) is 56.4. The maximum Gasteiger partial charge on any atom is 0.123 e. The van der Waals surface area contributed by atoms with Crippen LogP contribution in [0.5, 0.6) is 0 Å². The summed E-state index contributed by atoms with van der Waals surface area (Å²) in [5, 5.41) is 2.47. The van der Waals surface area contributed by atoms with Crippen molar-refractivity contribution in [2.24, 2.45) is 0 Å². The number of hydrogen-bond acceptors (Lipinski definition) is 3. The molecular weight excluding hydrogens is 1230 g/mol. The van der Waals surface area contributed by atoms with Crippen molar-refractivity contribution in [3.8, 4) is 61.3 Å². The van der Waals surface area contributed by atoms with Crippen molar-refractivity contribution in [2.75, 3.05) is 14.7 Å². The average molecular weight is 1310 g/mol. The molecule has 3 heterocycles. The minimum atomic E-state index is -0.419. The highest BCUT2D eigenvalue weighted by Crippen LogP contribution is 2.55. The Balaban J connectivity index is 0.000000156. The lowest BCUT2D eigenvalue weighted by Gasteiger charge is -2.42. The second-order valence-electron chi connectivity index (χ2n) is 27.1. The van der Waals surface area contributed by atoms with Gasteiger partial charge in [-0.3, -0.25) is 0 Å². The molecule has 0 bridgehead atoms. The first-order chi connectivity index (χ1) is 51.6. The van der Waals surface area contributed by atoms with Gasteiger partial charge in [-0.25, -0.2) is 4.39 Å². The molecule has 18 rings (SSSR count). The Morgan fingerprint density at radius 3 is 1.06 bits per heavy atom. The second-order valence-corrected chi connectivity index (χ2v) is 27.1. The lowest BCUT2D eigenvalue weighted by atomic mass is 9.73. The molecule has 0 radical (unpaired) electrons. The summed E-state index contributed by atoms with van der Waals surface area (Å²) < 4.78 is 59.2. The van der Waals surface area contributed by atoms with E-state index in [1.807, 2.05) is 97.1 Å². The molecule has 15 aromatic carbocycles. The minimum Gasteiger partial charge on any atom is -0.311 e. The molecule has 0 aliphatic carbocycles. The van der Waals surface area contributed by atoms with Crippen molar-refractivity contribution in [1.29, 1.82) is 0 Å². The van der Waals surface area contributed by atoms with Gasteiger partial charge in [0.2, 0.25) is 0 Å². The molecule has 0 saturated carbocycles. The minimum absolute atomic E-state index is 0.0985. The van der Waals surface area contributed by atoms with E-state index in [0.717, 1.165) is 67.5 Å². The third-order valence-electron chi connectivity index (χ3n) is 20.4. The molecule has 0 fully saturated rings. The van der Waals surface area contributed by atoms with Crippen molar-refractivity contribution in [3.63, 3.8) is 0 Å². The van der Waals surface area contributed by atoms with Crippen LogP contribution in [0.15, 0.2) is 370 Å². The summed E-state index contributed by atoms with van der Waals surface area (Å²) in [5.74, 6) is -0.238. The third kappa shape index (κ3) is 11.3. The molecule has 1 aromatic heterocycles. The fourth-order valence-electron chi connectivity index (χ4n) is 15.2. The Hall–Kier alpha value is -12.6. The molecule has 0 unspecified atom stereocenters. The summed E-state index contributed by atoms with van der Waals surface area (Å²) in [5.41, 5.74) is 27.3. The van der Waals surface area contributed by atoms with Crippen LogP contribution >= 0.6 is 0 Å². The summed E-state index contributed by atoms with van der Waals surface area (Å²) in [6.07, 6.45) is 0. The van der Waals surface area contributed by atoms with Crippen LogP contribution in [0, 0.1) is 5.82 Å². The second kappa shape index (κ2) is 25.7. The van der Waals surface area contributed by atoms with Crippen LogP contribution in [0.3, 0.4) is 0 Å². The lowest BCUT2D eigenvalue weighted by Crippen LogP contribution is -2.30. The summed E-state index contributed by atoms with van der Waals surface area (Å²) in [4.78, 5) is 6.35. The van der Waals surface area contributed by atoms with Crippen LogP contribution in [0.2, 0.25) is 0 Å². The molecule has 0 atom stereocenters. The fourth-order valence-corrected chi connectivity index (χ4v) is 15.2. The van der Waals surface area contributed by atoms with Crippen LogP contribution in [0.1, 0.15) is 56.8 Å². The zero-order valence-corrected chi connectivity index (χ0v) is 56.5. The van der Waals surface area contributed by atoms with Gasteiger partial charge in [-0.2, -0.15) is 0 Å². The van der Waals surface area contributed by atoms with Gasteiger partial charge in [-0.1, -0.05) is 252 Å². The van der Waals surface area contributed by atoms with E-state index in [0.29, 0.717) is 11.4 Å². The number of benzene rings is 15. The maximum absolute atomic E-state index is 14.0. The van der Waals surface area contributed by atoms with Gasteiger partial charge in [-0.15, -0.1) is 0 Å². The molecule has 2 aliphatic heterocycles. The monoisotopic (exact) mass is 1310 g/mol. The molecule has 4 nitrogen and oxygen atoms in total. The highest BCUT2D eigenvalue weighted by atomic mass is 19.1. The molecule has 2 aliphatic rings. The van der Waals surface area contributed by atoms with Crippen molar-refractivity contribution in [1.82, 2.24) is 4.57 Å². The number of rotatable bonds is 11. The summed E-state index contributed by atoms with van der Waals surface area (Å²) in [6.45, 7) is 9.16. The van der Waals surface area contributed by atoms with Crippen molar-refractivity contribution in [3.05, 3.63) is 398 Å². The molecule has 484 valence electrons. The van der Waals surface area contributed by atoms with E-state index in [-0.39, 0.29) is 46.5 Å². The number of anilines is 9. The van der Waals surface area contributed by atoms with Gasteiger partial charge in [0.25, 0.3) is 0 Å². The first-order valence-corrected chi connectivity index (χ1v) is 34.4. The van der Waals surface area contributed by atoms with Crippen molar-refractivity contribution < 1.29 is 11.2 Å². The summed E-state index contributed by atoms with van der Waals surface area (Å²) in [6, 6.07) is 116. The van der Waals surface area contributed by atoms with Crippen molar-refractivity contribution >= 4 is 73.0 Å². The van der Waals surface area contributed by atoms with E-state index >= 15 is 0 Å². The Labute approximate surface area is 598 Å². The normalized spacial score (nSPS) is 13.8. The predicted octanol–water partition coefficient (Wildman–Crippen LogP) is 26.6. The van der Waals surface area contributed by atoms with E-state index in [4.69, 9.17) is 6.85 Å². The molecule has 0 saturated heterocycles. The number of halogens is 1. The number of hydrogen-bond donors (Lipinski definition) is 0. The van der Waals surface area contributed by atoms with Crippen LogP contribution < -0.4 is 14.7 Å². The van der Waals surface area contributed by atoms with Crippen molar-refractivity contribution in [2.45, 2.75) is 38.5 Å². The molecule has 0 amide bonds. The van der Waals surface area contributed by atoms with Gasteiger partial charge >= 0.3 is 0 Å². The van der Waals surface area contributed by atoms with Gasteiger partial charge in [0.15, 0.2) is 0 Å². The van der Waals surface area contributed by atoms with E-state index < -0.39 is 6.04 Å². The van der Waals surface area contributed by atoms with Crippen LogP contribution in [-0.4, -0.2) is 4.57 Å². The molecule has 0 spiro atoms. The van der Waals surface area contributed by atoms with Gasteiger partial charge in [0.1, 0.15) is 5.82 Å². The Kier molecular flexibility index (Phi) is 14.4. The topological polar surface area (TPSA) is 14.7 Å². The van der Waals surface area contributed by atoms with E-state index in [1.54, 1.807) is 4.90 Å². The lowest BCUT2D eigenvalue weighted by molar-refractivity contribution is 0.626. The molecular formula is C96H73FN4. The number of para-hydroxylation sites is 4. The maximum atomic E-state index is 14.0. The highest BCUT2D eigenvalue weighted by molar-refractivity contribution is 6.12. The molecule has 16 aromatic rings. The zero-order valence-electron chi connectivity index (χ0n) is 61.5. The summed E-state index contributed by atoms with van der Waals surface area (Å²) >= 11 is 0. The predicted molar refractivity (Wildman–Crippen MR) is 423 cm³/mol. The Bertz CT molecular complexity index is 5880. The molecule has 5 heteroatoms. The average Bonchev–Trinajstić information content (AvgIpc) is 0.857. The van der Waals surface area contributed by atoms with Gasteiger partial charge in [-0.05, 0) is 223 Å². The number of fused-ring (bicyclic) bond motifs is 7. The standard InChI is InChI=1S/C51H37FN2.C45H36N2/c1-51(2)45-15-9-10-16-49(45)54(42-26-22-40(52)23-27-42)50-30-21-39(33-46(50)51)36-17-24-41(25-18-36)53-47-28-19-37(34-11-5-3-6-12-34)31-43(47)44-32-38(20-29-48(44)53)35-13-7-4-8-14-35;1-45(2)41-20-12-13-21-43(41)47(38-18-10-5-11-19-38)44-31-26-36(32-42(44)45)35-24-29-40(30-25-35)46(37-16-8-4-9-17-37)39-27-22-34(23-28-39)33-14-6-3-7-15-33/h3-33H,1-2H3;3-32H,1-2H3/i;4D,8D,9D,16D,17D. The Morgan fingerprint density at radius 2 is 0.604 bits per heavy atom. The summed E-state index contributed by atoms with van der Waals surface area (Å²) in [7, 11) is 0. The van der Waals surface area contributed by atoms with Gasteiger partial charge < -0.3 is 19.3 Å². The van der Waals surface area contributed by atoms with Crippen LogP contribution in [-0.2, 0) is 10.8 Å². The van der Waals surface area contributed by atoms with Gasteiger partial charge in [0, 0.05) is 55.7 Å². The first-order valence-electron chi connectivity index (χ1n) is 36.9. The quantitative estimate of drug-likeness (QED) is 0.128. The Morgan fingerprint density at radius 1 is 0.277 bits per heavy atom. The fraction of sp³-hybridized carbons (Fsp3) is 0.0625. The van der Waals surface area contributed by atoms with Gasteiger partial charge in [0.05, 0.1) is 40.6 Å². The van der Waals surface area contributed by atoms with E-state index in [1.165, 1.54) is 84.1 Å². The largest absolute Gasteiger partial charge is 0.311 e. The van der Waals surface area contributed by atoms with E-state index in [9.17, 15) is 4.39 Å². The zero-order chi connectivity index (χ0) is 72.5. The number of nitrogens with zero attached hydrogens (tertiary/aromatic N) is 4. The van der Waals surface area contributed by atoms with Crippen LogP contribution in [0.25, 0.3) is 83.1 Å². The molecule has 101 heavy (non-hydrogen) atoms. The SMILES string of the molecule is CC1(C)c2ccccc2N(c2ccc(F)cc2)c2ccc(-c3ccc(-n4c5ccc(-c6ccccc6)cc5c5cc(-c6ccccc6)ccc54)cc3)cc21.[2H]c1c([2H])c([2H])c(N(c2ccc(-c3ccccc3)cc2)c2ccc(-c3ccc4c(c3)C(C)(C)c3ccccc3N4c3ccccc3)cc2)c([2H])c1[2H]. The highest BCUT2D eigenvalue weighted by Gasteiger charge is 2.39. The van der Waals surface area contributed by atoms with Crippen LogP contribution in [0.4, 0.5) is 55.6 Å². The van der Waals surface area contributed by atoms with E-state index in [2.05, 4.69) is 273 Å². The molecule has 0 N–H and O–H groups in total.